The van der Waals surface area contributed by atoms with Gasteiger partial charge < -0.3 is 0 Å². The highest BCUT2D eigenvalue weighted by Crippen LogP contribution is 2.10. The van der Waals surface area contributed by atoms with E-state index in [4.69, 9.17) is 11.6 Å². The molecule has 0 aliphatic heterocycles. The minimum atomic E-state index is -0.323. The number of carbonyl (C=O) groups is 1. The molecule has 0 amide bonds. The van der Waals surface area contributed by atoms with E-state index < -0.39 is 0 Å². The molecule has 3 heteroatoms. The molecule has 0 aliphatic rings. The fourth-order valence-electron chi connectivity index (χ4n) is 1.03. The Kier molecular flexibility index (Phi) is 3.84. The van der Waals surface area contributed by atoms with E-state index in [-0.39, 0.29) is 17.5 Å². The average molecular weight is 213 g/mol. The van der Waals surface area contributed by atoms with E-state index in [1.54, 1.807) is 18.2 Å². The lowest BCUT2D eigenvalue weighted by molar-refractivity contribution is -0.113. The second-order valence-corrected chi connectivity index (χ2v) is 3.18. The molecule has 0 spiro atoms. The molecule has 1 nitrogen and oxygen atoms in total. The second-order valence-electron chi connectivity index (χ2n) is 2.91. The number of rotatable bonds is 3. The summed E-state index contributed by atoms with van der Waals surface area (Å²) in [6, 6.07) is 6.02. The Morgan fingerprint density at radius 1 is 1.57 bits per heavy atom. The van der Waals surface area contributed by atoms with Gasteiger partial charge in [0.05, 0.1) is 5.88 Å². The summed E-state index contributed by atoms with van der Waals surface area (Å²) in [5.74, 6) is -0.272. The van der Waals surface area contributed by atoms with Crippen molar-refractivity contribution in [1.82, 2.24) is 0 Å². The van der Waals surface area contributed by atoms with E-state index in [9.17, 15) is 9.18 Å². The third-order valence-corrected chi connectivity index (χ3v) is 2.07. The molecule has 0 radical (unpaired) electrons. The summed E-state index contributed by atoms with van der Waals surface area (Å²) in [6.07, 6.45) is 1.60. The van der Waals surface area contributed by atoms with E-state index in [0.29, 0.717) is 11.1 Å². The van der Waals surface area contributed by atoms with Crippen LogP contribution in [0.25, 0.3) is 6.08 Å². The van der Waals surface area contributed by atoms with Crippen molar-refractivity contribution in [2.45, 2.75) is 6.92 Å². The molecule has 0 fully saturated rings. The van der Waals surface area contributed by atoms with Gasteiger partial charge in [-0.15, -0.1) is 11.6 Å². The summed E-state index contributed by atoms with van der Waals surface area (Å²) in [4.78, 5) is 11.0. The van der Waals surface area contributed by atoms with E-state index in [2.05, 4.69) is 0 Å². The Labute approximate surface area is 87.2 Å². The quantitative estimate of drug-likeness (QED) is 0.556. The molecule has 1 rings (SSSR count). The van der Waals surface area contributed by atoms with Gasteiger partial charge in [-0.3, -0.25) is 4.79 Å². The Hall–Kier alpha value is -1.15. The molecule has 1 aromatic rings. The van der Waals surface area contributed by atoms with Crippen molar-refractivity contribution < 1.29 is 9.18 Å². The summed E-state index contributed by atoms with van der Waals surface area (Å²) in [7, 11) is 0. The van der Waals surface area contributed by atoms with Gasteiger partial charge >= 0.3 is 0 Å². The van der Waals surface area contributed by atoms with Gasteiger partial charge in [-0.05, 0) is 30.7 Å². The third kappa shape index (κ3) is 2.96. The van der Waals surface area contributed by atoms with Crippen molar-refractivity contribution in [2.24, 2.45) is 0 Å². The van der Waals surface area contributed by atoms with Crippen LogP contribution in [0.5, 0.6) is 0 Å². The highest BCUT2D eigenvalue weighted by Gasteiger charge is 2.02. The number of hydrogen-bond donors (Lipinski definition) is 0. The van der Waals surface area contributed by atoms with Crippen LogP contribution in [-0.2, 0) is 4.79 Å². The van der Waals surface area contributed by atoms with Gasteiger partial charge in [0.2, 0.25) is 0 Å². The molecule has 74 valence electrons. The lowest BCUT2D eigenvalue weighted by atomic mass is 10.1. The van der Waals surface area contributed by atoms with E-state index in [0.717, 1.165) is 0 Å². The number of ketones is 1. The SMILES string of the molecule is CC(=O)/C(=C\c1cccc(F)c1)CCl. The topological polar surface area (TPSA) is 17.1 Å². The zero-order valence-electron chi connectivity index (χ0n) is 7.76. The van der Waals surface area contributed by atoms with Crippen LogP contribution in [-0.4, -0.2) is 11.7 Å². The maximum Gasteiger partial charge on any atom is 0.157 e. The number of hydrogen-bond acceptors (Lipinski definition) is 1. The number of allylic oxidation sites excluding steroid dienone is 1. The zero-order chi connectivity index (χ0) is 10.6. The van der Waals surface area contributed by atoms with Crippen LogP contribution in [0.1, 0.15) is 12.5 Å². The van der Waals surface area contributed by atoms with Crippen LogP contribution in [0.15, 0.2) is 29.8 Å². The Balaban J connectivity index is 3.00. The first-order chi connectivity index (χ1) is 6.63. The maximum atomic E-state index is 12.8. The number of carbonyl (C=O) groups excluding carboxylic acids is 1. The van der Waals surface area contributed by atoms with Crippen molar-refractivity contribution in [2.75, 3.05) is 5.88 Å². The largest absolute Gasteiger partial charge is 0.295 e. The average Bonchev–Trinajstić information content (AvgIpc) is 2.14. The molecule has 14 heavy (non-hydrogen) atoms. The number of halogens is 2. The van der Waals surface area contributed by atoms with Gasteiger partial charge in [-0.25, -0.2) is 4.39 Å². The predicted molar refractivity (Wildman–Crippen MR) is 55.8 cm³/mol. The molecule has 0 unspecified atom stereocenters. The zero-order valence-corrected chi connectivity index (χ0v) is 8.51. The molecule has 0 N–H and O–H groups in total. The van der Waals surface area contributed by atoms with E-state index in [1.165, 1.54) is 19.1 Å². The molecular weight excluding hydrogens is 203 g/mol. The van der Waals surface area contributed by atoms with Gasteiger partial charge in [0, 0.05) is 5.57 Å². The van der Waals surface area contributed by atoms with Gasteiger partial charge in [-0.1, -0.05) is 12.1 Å². The van der Waals surface area contributed by atoms with Gasteiger partial charge in [-0.2, -0.15) is 0 Å². The minimum Gasteiger partial charge on any atom is -0.295 e. The van der Waals surface area contributed by atoms with Crippen LogP contribution in [0, 0.1) is 5.82 Å². The fourth-order valence-corrected chi connectivity index (χ4v) is 1.30. The molecule has 0 heterocycles. The first-order valence-electron chi connectivity index (χ1n) is 4.16. The monoisotopic (exact) mass is 212 g/mol. The molecule has 0 atom stereocenters. The highest BCUT2D eigenvalue weighted by molar-refractivity contribution is 6.23. The Morgan fingerprint density at radius 2 is 2.29 bits per heavy atom. The summed E-state index contributed by atoms with van der Waals surface area (Å²) >= 11 is 5.57. The Morgan fingerprint density at radius 3 is 2.79 bits per heavy atom. The van der Waals surface area contributed by atoms with Gasteiger partial charge in [0.15, 0.2) is 5.78 Å². The van der Waals surface area contributed by atoms with Crippen LogP contribution in [0.2, 0.25) is 0 Å². The van der Waals surface area contributed by atoms with E-state index >= 15 is 0 Å². The lowest BCUT2D eigenvalue weighted by Crippen LogP contribution is -1.97. The first kappa shape index (κ1) is 10.9. The smallest absolute Gasteiger partial charge is 0.157 e. The molecule has 0 saturated heterocycles. The van der Waals surface area contributed by atoms with Crippen LogP contribution in [0.4, 0.5) is 4.39 Å². The summed E-state index contributed by atoms with van der Waals surface area (Å²) in [5, 5.41) is 0. The van der Waals surface area contributed by atoms with Crippen LogP contribution in [0.3, 0.4) is 0 Å². The van der Waals surface area contributed by atoms with Crippen molar-refractivity contribution >= 4 is 23.5 Å². The standard InChI is InChI=1S/C11H10ClFO/c1-8(14)10(7-12)5-9-3-2-4-11(13)6-9/h2-6H,7H2,1H3/b10-5-. The maximum absolute atomic E-state index is 12.8. The second kappa shape index (κ2) is 4.91. The molecule has 0 aromatic heterocycles. The van der Waals surface area contributed by atoms with Gasteiger partial charge in [0.1, 0.15) is 5.82 Å². The summed E-state index contributed by atoms with van der Waals surface area (Å²) < 4.78 is 12.8. The van der Waals surface area contributed by atoms with Crippen LogP contribution < -0.4 is 0 Å². The van der Waals surface area contributed by atoms with Crippen molar-refractivity contribution in [3.63, 3.8) is 0 Å². The number of Topliss-reactive ketones (excluding diaryl/α,β-unsaturated/α-hetero) is 1. The molecule has 1 aromatic carbocycles. The van der Waals surface area contributed by atoms with Crippen molar-refractivity contribution in [3.8, 4) is 0 Å². The fraction of sp³-hybridized carbons (Fsp3) is 0.182. The third-order valence-electron chi connectivity index (χ3n) is 1.79. The molecule has 0 saturated carbocycles. The highest BCUT2D eigenvalue weighted by atomic mass is 35.5. The van der Waals surface area contributed by atoms with Crippen molar-refractivity contribution in [3.05, 3.63) is 41.2 Å². The first-order valence-corrected chi connectivity index (χ1v) is 4.70. The minimum absolute atomic E-state index is 0.0933. The van der Waals surface area contributed by atoms with Gasteiger partial charge in [0.25, 0.3) is 0 Å². The molecule has 0 aliphatic carbocycles. The van der Waals surface area contributed by atoms with E-state index in [1.807, 2.05) is 0 Å². The normalized spacial score (nSPS) is 11.5. The molecule has 0 bridgehead atoms. The Bertz CT molecular complexity index is 371. The van der Waals surface area contributed by atoms with Crippen molar-refractivity contribution in [1.29, 1.82) is 0 Å². The van der Waals surface area contributed by atoms with Crippen LogP contribution >= 0.6 is 11.6 Å². The number of alkyl halides is 1. The summed E-state index contributed by atoms with van der Waals surface area (Å²) in [5.41, 5.74) is 1.13. The predicted octanol–water partition coefficient (Wildman–Crippen LogP) is 3.04. The molecular formula is C11H10ClFO. The summed E-state index contributed by atoms with van der Waals surface area (Å²) in [6.45, 7) is 1.44. The lowest BCUT2D eigenvalue weighted by Gasteiger charge is -1.98. The number of benzene rings is 1.